The highest BCUT2D eigenvalue weighted by Gasteiger charge is 2.22. The van der Waals surface area contributed by atoms with Crippen LogP contribution < -0.4 is 10.5 Å². The van der Waals surface area contributed by atoms with Crippen molar-refractivity contribution in [3.05, 3.63) is 50.7 Å². The number of rotatable bonds is 2. The van der Waals surface area contributed by atoms with Crippen LogP contribution in [0.15, 0.2) is 29.6 Å². The smallest absolute Gasteiger partial charge is 0.127 e. The predicted octanol–water partition coefficient (Wildman–Crippen LogP) is 3.38. The van der Waals surface area contributed by atoms with Crippen LogP contribution >= 0.6 is 22.9 Å². The molecule has 0 saturated carbocycles. The van der Waals surface area contributed by atoms with Crippen molar-refractivity contribution in [3.63, 3.8) is 0 Å². The van der Waals surface area contributed by atoms with Crippen LogP contribution in [0.5, 0.6) is 5.75 Å². The monoisotopic (exact) mass is 265 g/mol. The van der Waals surface area contributed by atoms with Gasteiger partial charge in [0.15, 0.2) is 0 Å². The Bertz CT molecular complexity index is 539. The summed E-state index contributed by atoms with van der Waals surface area (Å²) >= 11 is 7.78. The van der Waals surface area contributed by atoms with Gasteiger partial charge in [0.2, 0.25) is 0 Å². The van der Waals surface area contributed by atoms with E-state index in [0.29, 0.717) is 0 Å². The average Bonchev–Trinajstić information content (AvgIpc) is 2.97. The average molecular weight is 266 g/mol. The summed E-state index contributed by atoms with van der Waals surface area (Å²) in [5, 5.41) is 2.76. The van der Waals surface area contributed by atoms with Crippen molar-refractivity contribution in [2.45, 2.75) is 12.5 Å². The van der Waals surface area contributed by atoms with Crippen molar-refractivity contribution in [2.24, 2.45) is 5.73 Å². The van der Waals surface area contributed by atoms with E-state index < -0.39 is 0 Å². The highest BCUT2D eigenvalue weighted by molar-refractivity contribution is 7.10. The summed E-state index contributed by atoms with van der Waals surface area (Å²) in [5.74, 6) is 0.926. The van der Waals surface area contributed by atoms with Gasteiger partial charge in [-0.25, -0.2) is 0 Å². The Balaban J connectivity index is 2.09. The molecule has 0 bridgehead atoms. The summed E-state index contributed by atoms with van der Waals surface area (Å²) in [6.07, 6.45) is 0.917. The predicted molar refractivity (Wildman–Crippen MR) is 71.0 cm³/mol. The SMILES string of the molecule is NC(c1cccs1)c1cc(Cl)cc2c1OCC2. The molecule has 1 aliphatic heterocycles. The lowest BCUT2D eigenvalue weighted by Gasteiger charge is -2.14. The number of nitrogens with two attached hydrogens (primary N) is 1. The summed E-state index contributed by atoms with van der Waals surface area (Å²) in [6, 6.07) is 7.77. The zero-order valence-corrected chi connectivity index (χ0v) is 10.7. The third-order valence-corrected chi connectivity index (χ3v) is 4.14. The molecular weight excluding hydrogens is 254 g/mol. The van der Waals surface area contributed by atoms with Crippen LogP contribution in [0.1, 0.15) is 22.0 Å². The molecule has 2 N–H and O–H groups in total. The molecule has 1 aliphatic rings. The maximum Gasteiger partial charge on any atom is 0.127 e. The number of ether oxygens (including phenoxy) is 1. The van der Waals surface area contributed by atoms with Crippen LogP contribution in [-0.4, -0.2) is 6.61 Å². The second kappa shape index (κ2) is 4.33. The molecule has 0 aliphatic carbocycles. The molecule has 0 radical (unpaired) electrons. The molecule has 2 aromatic rings. The molecule has 1 aromatic carbocycles. The third kappa shape index (κ3) is 1.95. The van der Waals surface area contributed by atoms with Crippen LogP contribution in [0.3, 0.4) is 0 Å². The lowest BCUT2D eigenvalue weighted by molar-refractivity contribution is 0.352. The van der Waals surface area contributed by atoms with Crippen molar-refractivity contribution in [1.29, 1.82) is 0 Å². The zero-order valence-electron chi connectivity index (χ0n) is 9.15. The Morgan fingerprint density at radius 2 is 2.29 bits per heavy atom. The summed E-state index contributed by atoms with van der Waals surface area (Å²) in [6.45, 7) is 0.722. The first-order chi connectivity index (χ1) is 8.25. The largest absolute Gasteiger partial charge is 0.493 e. The van der Waals surface area contributed by atoms with E-state index >= 15 is 0 Å². The molecule has 2 heterocycles. The maximum absolute atomic E-state index is 6.27. The zero-order chi connectivity index (χ0) is 11.8. The summed E-state index contributed by atoms with van der Waals surface area (Å²) in [5.41, 5.74) is 8.43. The van der Waals surface area contributed by atoms with Crippen LogP contribution in [-0.2, 0) is 6.42 Å². The summed E-state index contributed by atoms with van der Waals surface area (Å²) in [4.78, 5) is 1.13. The molecule has 3 rings (SSSR count). The van der Waals surface area contributed by atoms with E-state index in [9.17, 15) is 0 Å². The number of fused-ring (bicyclic) bond motifs is 1. The van der Waals surface area contributed by atoms with E-state index in [1.54, 1.807) is 11.3 Å². The standard InChI is InChI=1S/C13H12ClNOS/c14-9-6-8-3-4-16-13(8)10(7-9)12(15)11-2-1-5-17-11/h1-2,5-7,12H,3-4,15H2. The fourth-order valence-electron chi connectivity index (χ4n) is 2.15. The Kier molecular flexibility index (Phi) is 2.82. The van der Waals surface area contributed by atoms with Gasteiger partial charge < -0.3 is 10.5 Å². The lowest BCUT2D eigenvalue weighted by Crippen LogP contribution is -2.11. The lowest BCUT2D eigenvalue weighted by atomic mass is 10.0. The van der Waals surface area contributed by atoms with E-state index in [-0.39, 0.29) is 6.04 Å². The Morgan fingerprint density at radius 1 is 1.41 bits per heavy atom. The minimum Gasteiger partial charge on any atom is -0.493 e. The number of hydrogen-bond donors (Lipinski definition) is 1. The first kappa shape index (κ1) is 11.1. The topological polar surface area (TPSA) is 35.2 Å². The maximum atomic E-state index is 6.27. The van der Waals surface area contributed by atoms with Crippen LogP contribution in [0.25, 0.3) is 0 Å². The van der Waals surface area contributed by atoms with Crippen LogP contribution in [0.2, 0.25) is 5.02 Å². The number of benzene rings is 1. The van der Waals surface area contributed by atoms with Gasteiger partial charge in [-0.1, -0.05) is 17.7 Å². The van der Waals surface area contributed by atoms with Gasteiger partial charge in [0.05, 0.1) is 12.6 Å². The molecule has 0 spiro atoms. The summed E-state index contributed by atoms with van der Waals surface area (Å²) in [7, 11) is 0. The first-order valence-corrected chi connectivity index (χ1v) is 6.75. The molecule has 1 unspecified atom stereocenters. The van der Waals surface area contributed by atoms with Crippen molar-refractivity contribution >= 4 is 22.9 Å². The van der Waals surface area contributed by atoms with Gasteiger partial charge in [0.1, 0.15) is 5.75 Å². The molecule has 2 nitrogen and oxygen atoms in total. The van der Waals surface area contributed by atoms with E-state index in [1.165, 1.54) is 5.56 Å². The van der Waals surface area contributed by atoms with Gasteiger partial charge >= 0.3 is 0 Å². The van der Waals surface area contributed by atoms with Crippen LogP contribution in [0.4, 0.5) is 0 Å². The first-order valence-electron chi connectivity index (χ1n) is 5.50. The third-order valence-electron chi connectivity index (χ3n) is 2.96. The molecule has 1 aromatic heterocycles. The second-order valence-corrected chi connectivity index (χ2v) is 5.49. The highest BCUT2D eigenvalue weighted by atomic mass is 35.5. The molecule has 1 atom stereocenters. The molecular formula is C13H12ClNOS. The quantitative estimate of drug-likeness (QED) is 0.903. The fourth-order valence-corrected chi connectivity index (χ4v) is 3.14. The molecule has 4 heteroatoms. The summed E-state index contributed by atoms with van der Waals surface area (Å²) < 4.78 is 5.67. The van der Waals surface area contributed by atoms with E-state index in [2.05, 4.69) is 0 Å². The fraction of sp³-hybridized carbons (Fsp3) is 0.231. The molecule has 17 heavy (non-hydrogen) atoms. The van der Waals surface area contributed by atoms with Crippen LogP contribution in [0, 0.1) is 0 Å². The minimum atomic E-state index is -0.152. The van der Waals surface area contributed by atoms with E-state index in [0.717, 1.165) is 34.2 Å². The Morgan fingerprint density at radius 3 is 3.06 bits per heavy atom. The van der Waals surface area contributed by atoms with E-state index in [1.807, 2.05) is 29.6 Å². The number of hydrogen-bond acceptors (Lipinski definition) is 3. The van der Waals surface area contributed by atoms with Gasteiger partial charge in [-0.2, -0.15) is 0 Å². The molecule has 0 amide bonds. The highest BCUT2D eigenvalue weighted by Crippen LogP contribution is 2.38. The van der Waals surface area contributed by atoms with Gasteiger partial charge in [-0.05, 0) is 29.1 Å². The van der Waals surface area contributed by atoms with Crippen molar-refractivity contribution in [3.8, 4) is 5.75 Å². The number of halogens is 1. The normalized spacial score (nSPS) is 15.4. The van der Waals surface area contributed by atoms with Crippen molar-refractivity contribution in [1.82, 2.24) is 0 Å². The minimum absolute atomic E-state index is 0.152. The molecule has 0 saturated heterocycles. The van der Waals surface area contributed by atoms with Crippen molar-refractivity contribution in [2.75, 3.05) is 6.61 Å². The van der Waals surface area contributed by atoms with Crippen molar-refractivity contribution < 1.29 is 4.74 Å². The van der Waals surface area contributed by atoms with E-state index in [4.69, 9.17) is 22.1 Å². The Labute approximate surface area is 109 Å². The number of thiophene rings is 1. The molecule has 0 fully saturated rings. The Hall–Kier alpha value is -1.03. The van der Waals surface area contributed by atoms with Gasteiger partial charge in [0, 0.05) is 21.9 Å². The van der Waals surface area contributed by atoms with Gasteiger partial charge in [-0.15, -0.1) is 11.3 Å². The van der Waals surface area contributed by atoms with Gasteiger partial charge in [0.25, 0.3) is 0 Å². The molecule has 88 valence electrons. The van der Waals surface area contributed by atoms with Gasteiger partial charge in [-0.3, -0.25) is 0 Å². The second-order valence-electron chi connectivity index (χ2n) is 4.07.